The molecule has 1 aromatic carbocycles. The summed E-state index contributed by atoms with van der Waals surface area (Å²) in [6, 6.07) is 3.00. The van der Waals surface area contributed by atoms with Gasteiger partial charge in [0.2, 0.25) is 5.91 Å². The van der Waals surface area contributed by atoms with Crippen molar-refractivity contribution in [2.45, 2.75) is 19.3 Å². The highest BCUT2D eigenvalue weighted by Gasteiger charge is 2.18. The fourth-order valence-electron chi connectivity index (χ4n) is 2.01. The SMILES string of the molecule is O=C(CC1CCOCC1)Nc1cc(F)ccc1F. The van der Waals surface area contributed by atoms with E-state index < -0.39 is 11.6 Å². The van der Waals surface area contributed by atoms with Crippen molar-refractivity contribution in [3.63, 3.8) is 0 Å². The first-order chi connectivity index (χ1) is 8.65. The van der Waals surface area contributed by atoms with E-state index in [1.807, 2.05) is 0 Å². The summed E-state index contributed by atoms with van der Waals surface area (Å²) in [5.41, 5.74) is -0.105. The molecule has 1 saturated heterocycles. The van der Waals surface area contributed by atoms with E-state index >= 15 is 0 Å². The lowest BCUT2D eigenvalue weighted by Crippen LogP contribution is -2.22. The van der Waals surface area contributed by atoms with Crippen molar-refractivity contribution in [3.05, 3.63) is 29.8 Å². The van der Waals surface area contributed by atoms with Gasteiger partial charge in [0, 0.05) is 25.7 Å². The minimum Gasteiger partial charge on any atom is -0.381 e. The number of benzene rings is 1. The molecular formula is C13H15F2NO2. The zero-order chi connectivity index (χ0) is 13.0. The van der Waals surface area contributed by atoms with Crippen LogP contribution in [0.2, 0.25) is 0 Å². The summed E-state index contributed by atoms with van der Waals surface area (Å²) in [6.07, 6.45) is 1.98. The van der Waals surface area contributed by atoms with Crippen LogP contribution in [0.3, 0.4) is 0 Å². The molecule has 0 bridgehead atoms. The van der Waals surface area contributed by atoms with Crippen LogP contribution in [0.5, 0.6) is 0 Å². The summed E-state index contributed by atoms with van der Waals surface area (Å²) in [7, 11) is 0. The Morgan fingerprint density at radius 1 is 1.33 bits per heavy atom. The molecule has 0 radical (unpaired) electrons. The third kappa shape index (κ3) is 3.50. The second-order valence-electron chi connectivity index (χ2n) is 4.43. The number of rotatable bonds is 3. The summed E-state index contributed by atoms with van der Waals surface area (Å²) in [6.45, 7) is 1.32. The first kappa shape index (κ1) is 13.0. The molecule has 0 unspecified atom stereocenters. The van der Waals surface area contributed by atoms with Crippen LogP contribution in [0.15, 0.2) is 18.2 Å². The number of anilines is 1. The third-order valence-electron chi connectivity index (χ3n) is 3.02. The van der Waals surface area contributed by atoms with E-state index in [0.717, 1.165) is 31.0 Å². The first-order valence-corrected chi connectivity index (χ1v) is 5.98. The molecule has 0 aromatic heterocycles. The van der Waals surface area contributed by atoms with Gasteiger partial charge in [0.25, 0.3) is 0 Å². The van der Waals surface area contributed by atoms with Gasteiger partial charge in [-0.3, -0.25) is 4.79 Å². The molecule has 1 aliphatic rings. The van der Waals surface area contributed by atoms with E-state index in [2.05, 4.69) is 5.32 Å². The number of halogens is 2. The highest BCUT2D eigenvalue weighted by Crippen LogP contribution is 2.20. The quantitative estimate of drug-likeness (QED) is 0.901. The molecule has 1 heterocycles. The molecule has 0 spiro atoms. The predicted octanol–water partition coefficient (Wildman–Crippen LogP) is 2.72. The second-order valence-corrected chi connectivity index (χ2v) is 4.43. The average Bonchev–Trinajstić information content (AvgIpc) is 2.35. The summed E-state index contributed by atoms with van der Waals surface area (Å²) in [5.74, 6) is -1.23. The van der Waals surface area contributed by atoms with Crippen LogP contribution in [0.25, 0.3) is 0 Å². The number of amides is 1. The van der Waals surface area contributed by atoms with Crippen molar-refractivity contribution in [2.75, 3.05) is 18.5 Å². The van der Waals surface area contributed by atoms with E-state index in [1.165, 1.54) is 0 Å². The highest BCUT2D eigenvalue weighted by molar-refractivity contribution is 5.90. The molecule has 1 amide bonds. The summed E-state index contributed by atoms with van der Waals surface area (Å²) < 4.78 is 31.4. The zero-order valence-corrected chi connectivity index (χ0v) is 9.92. The third-order valence-corrected chi connectivity index (χ3v) is 3.02. The van der Waals surface area contributed by atoms with E-state index in [-0.39, 0.29) is 17.5 Å². The monoisotopic (exact) mass is 255 g/mol. The molecule has 98 valence electrons. The number of carbonyl (C=O) groups excluding carboxylic acids is 1. The van der Waals surface area contributed by atoms with Crippen LogP contribution < -0.4 is 5.32 Å². The minimum absolute atomic E-state index is 0.105. The van der Waals surface area contributed by atoms with Crippen LogP contribution in [0.1, 0.15) is 19.3 Å². The normalized spacial score (nSPS) is 16.6. The standard InChI is InChI=1S/C13H15F2NO2/c14-10-1-2-11(15)12(8-10)16-13(17)7-9-3-5-18-6-4-9/h1-2,8-9H,3-7H2,(H,16,17). The van der Waals surface area contributed by atoms with Gasteiger partial charge >= 0.3 is 0 Å². The first-order valence-electron chi connectivity index (χ1n) is 5.98. The molecule has 2 rings (SSSR count). The lowest BCUT2D eigenvalue weighted by molar-refractivity contribution is -0.117. The Morgan fingerprint density at radius 2 is 2.06 bits per heavy atom. The maximum Gasteiger partial charge on any atom is 0.224 e. The largest absolute Gasteiger partial charge is 0.381 e. The van der Waals surface area contributed by atoms with Crippen molar-refractivity contribution in [1.82, 2.24) is 0 Å². The van der Waals surface area contributed by atoms with Crippen LogP contribution in [-0.4, -0.2) is 19.1 Å². The van der Waals surface area contributed by atoms with E-state index in [9.17, 15) is 13.6 Å². The van der Waals surface area contributed by atoms with Gasteiger partial charge < -0.3 is 10.1 Å². The molecule has 0 saturated carbocycles. The van der Waals surface area contributed by atoms with E-state index in [4.69, 9.17) is 4.74 Å². The van der Waals surface area contributed by atoms with Crippen LogP contribution >= 0.6 is 0 Å². The van der Waals surface area contributed by atoms with Gasteiger partial charge in [-0.2, -0.15) is 0 Å². The predicted molar refractivity (Wildman–Crippen MR) is 63.1 cm³/mol. The van der Waals surface area contributed by atoms with Gasteiger partial charge in [-0.25, -0.2) is 8.78 Å². The van der Waals surface area contributed by atoms with Crippen LogP contribution in [0.4, 0.5) is 14.5 Å². The van der Waals surface area contributed by atoms with Gasteiger partial charge in [-0.05, 0) is 30.9 Å². The number of ether oxygens (including phenoxy) is 1. The summed E-state index contributed by atoms with van der Waals surface area (Å²) in [5, 5.41) is 2.40. The molecule has 1 fully saturated rings. The molecular weight excluding hydrogens is 240 g/mol. The molecule has 1 N–H and O–H groups in total. The molecule has 1 aromatic rings. The van der Waals surface area contributed by atoms with Crippen LogP contribution in [0, 0.1) is 17.6 Å². The Labute approximate surface area is 104 Å². The number of hydrogen-bond acceptors (Lipinski definition) is 2. The van der Waals surface area contributed by atoms with Crippen molar-refractivity contribution >= 4 is 11.6 Å². The second kappa shape index (κ2) is 5.91. The van der Waals surface area contributed by atoms with Crippen molar-refractivity contribution in [3.8, 4) is 0 Å². The highest BCUT2D eigenvalue weighted by atomic mass is 19.1. The van der Waals surface area contributed by atoms with Crippen molar-refractivity contribution < 1.29 is 18.3 Å². The fraction of sp³-hybridized carbons (Fsp3) is 0.462. The fourth-order valence-corrected chi connectivity index (χ4v) is 2.01. The van der Waals surface area contributed by atoms with Gasteiger partial charge in [0.05, 0.1) is 5.69 Å². The lowest BCUT2D eigenvalue weighted by atomic mass is 9.96. The number of nitrogens with one attached hydrogen (secondary N) is 1. The summed E-state index contributed by atoms with van der Waals surface area (Å²) in [4.78, 5) is 11.7. The Bertz CT molecular complexity index is 431. The molecule has 1 aliphatic heterocycles. The molecule has 0 aliphatic carbocycles. The van der Waals surface area contributed by atoms with Gasteiger partial charge in [0.15, 0.2) is 0 Å². The van der Waals surface area contributed by atoms with E-state index in [1.54, 1.807) is 0 Å². The molecule has 3 nitrogen and oxygen atoms in total. The maximum atomic E-state index is 13.3. The zero-order valence-electron chi connectivity index (χ0n) is 9.92. The van der Waals surface area contributed by atoms with Crippen molar-refractivity contribution in [1.29, 1.82) is 0 Å². The van der Waals surface area contributed by atoms with Gasteiger partial charge in [-0.1, -0.05) is 0 Å². The molecule has 18 heavy (non-hydrogen) atoms. The smallest absolute Gasteiger partial charge is 0.224 e. The van der Waals surface area contributed by atoms with Gasteiger partial charge in [0.1, 0.15) is 11.6 Å². The molecule has 5 heteroatoms. The molecule has 0 atom stereocenters. The average molecular weight is 255 g/mol. The number of hydrogen-bond donors (Lipinski definition) is 1. The number of carbonyl (C=O) groups is 1. The Balaban J connectivity index is 1.92. The Hall–Kier alpha value is -1.49. The van der Waals surface area contributed by atoms with Gasteiger partial charge in [-0.15, -0.1) is 0 Å². The Morgan fingerprint density at radius 3 is 2.78 bits per heavy atom. The lowest BCUT2D eigenvalue weighted by Gasteiger charge is -2.21. The Kier molecular flexibility index (Phi) is 4.25. The maximum absolute atomic E-state index is 13.3. The van der Waals surface area contributed by atoms with Crippen LogP contribution in [-0.2, 0) is 9.53 Å². The summed E-state index contributed by atoms with van der Waals surface area (Å²) >= 11 is 0. The van der Waals surface area contributed by atoms with E-state index in [0.29, 0.717) is 19.6 Å². The minimum atomic E-state index is -0.628. The topological polar surface area (TPSA) is 38.3 Å². The van der Waals surface area contributed by atoms with Crippen molar-refractivity contribution in [2.24, 2.45) is 5.92 Å².